The minimum Gasteiger partial charge on any atom is -0.381 e. The topological polar surface area (TPSA) is 12.5 Å². The van der Waals surface area contributed by atoms with Gasteiger partial charge in [-0.25, -0.2) is 0 Å². The zero-order chi connectivity index (χ0) is 10.8. The molecule has 0 radical (unpaired) electrons. The second kappa shape index (κ2) is 9.47. The van der Waals surface area contributed by atoms with Gasteiger partial charge in [-0.15, -0.1) is 0 Å². The van der Waals surface area contributed by atoms with E-state index in [1.807, 2.05) is 13.8 Å². The lowest BCUT2D eigenvalue weighted by Crippen LogP contribution is -2.36. The van der Waals surface area contributed by atoms with Crippen molar-refractivity contribution in [2.75, 3.05) is 32.8 Å². The first-order valence-corrected chi connectivity index (χ1v) is 6.16. The molecule has 1 rings (SSSR count). The minimum absolute atomic E-state index is 0.790. The fraction of sp³-hybridized carbons (Fsp3) is 1.00. The van der Waals surface area contributed by atoms with Crippen molar-refractivity contribution in [2.24, 2.45) is 5.92 Å². The fourth-order valence-corrected chi connectivity index (χ4v) is 1.86. The van der Waals surface area contributed by atoms with Gasteiger partial charge in [-0.3, -0.25) is 0 Å². The number of hydrogen-bond donors (Lipinski definition) is 0. The van der Waals surface area contributed by atoms with E-state index >= 15 is 0 Å². The zero-order valence-electron chi connectivity index (χ0n) is 10.4. The predicted octanol–water partition coefficient (Wildman–Crippen LogP) is 2.78. The fourth-order valence-electron chi connectivity index (χ4n) is 1.86. The standard InChI is InChI=1S/C10H21NO.C2H6/c1-3-11-7-5-6-10(8-11)9-12-4-2;1-2/h10H,3-9H2,1-2H3;1-2H3. The molecule has 1 saturated heterocycles. The van der Waals surface area contributed by atoms with Crippen molar-refractivity contribution in [1.82, 2.24) is 4.90 Å². The largest absolute Gasteiger partial charge is 0.381 e. The van der Waals surface area contributed by atoms with Crippen molar-refractivity contribution in [1.29, 1.82) is 0 Å². The summed E-state index contributed by atoms with van der Waals surface area (Å²) in [6.07, 6.45) is 2.71. The highest BCUT2D eigenvalue weighted by Crippen LogP contribution is 2.15. The van der Waals surface area contributed by atoms with Crippen LogP contribution in [0, 0.1) is 5.92 Å². The highest BCUT2D eigenvalue weighted by atomic mass is 16.5. The maximum absolute atomic E-state index is 5.44. The number of rotatable bonds is 4. The van der Waals surface area contributed by atoms with Crippen molar-refractivity contribution >= 4 is 0 Å². The second-order valence-corrected chi connectivity index (χ2v) is 3.56. The maximum Gasteiger partial charge on any atom is 0.0506 e. The van der Waals surface area contributed by atoms with E-state index in [2.05, 4.69) is 18.7 Å². The Balaban J connectivity index is 0.000000791. The van der Waals surface area contributed by atoms with Crippen LogP contribution in [0.5, 0.6) is 0 Å². The van der Waals surface area contributed by atoms with Gasteiger partial charge >= 0.3 is 0 Å². The zero-order valence-corrected chi connectivity index (χ0v) is 10.4. The summed E-state index contributed by atoms with van der Waals surface area (Å²) in [7, 11) is 0. The third-order valence-corrected chi connectivity index (χ3v) is 2.61. The van der Waals surface area contributed by atoms with Gasteiger partial charge in [0.2, 0.25) is 0 Å². The third kappa shape index (κ3) is 5.61. The Hall–Kier alpha value is -0.0800. The third-order valence-electron chi connectivity index (χ3n) is 2.61. The van der Waals surface area contributed by atoms with Crippen molar-refractivity contribution < 1.29 is 4.74 Å². The van der Waals surface area contributed by atoms with Crippen LogP contribution in [0.15, 0.2) is 0 Å². The quantitative estimate of drug-likeness (QED) is 0.693. The van der Waals surface area contributed by atoms with Crippen LogP contribution in [-0.4, -0.2) is 37.7 Å². The maximum atomic E-state index is 5.44. The van der Waals surface area contributed by atoms with Crippen molar-refractivity contribution in [3.8, 4) is 0 Å². The Kier molecular flexibility index (Phi) is 9.42. The van der Waals surface area contributed by atoms with E-state index in [4.69, 9.17) is 4.74 Å². The van der Waals surface area contributed by atoms with Gasteiger partial charge in [-0.1, -0.05) is 20.8 Å². The van der Waals surface area contributed by atoms with Crippen LogP contribution >= 0.6 is 0 Å². The molecule has 1 aliphatic heterocycles. The molecule has 1 heterocycles. The molecule has 14 heavy (non-hydrogen) atoms. The molecule has 2 heteroatoms. The molecule has 0 bridgehead atoms. The van der Waals surface area contributed by atoms with Gasteiger partial charge in [0.1, 0.15) is 0 Å². The summed E-state index contributed by atoms with van der Waals surface area (Å²) in [5.41, 5.74) is 0. The average Bonchev–Trinajstić information content (AvgIpc) is 2.29. The highest BCUT2D eigenvalue weighted by molar-refractivity contribution is 4.71. The van der Waals surface area contributed by atoms with Gasteiger partial charge in [-0.2, -0.15) is 0 Å². The van der Waals surface area contributed by atoms with E-state index in [9.17, 15) is 0 Å². The molecule has 1 aliphatic rings. The van der Waals surface area contributed by atoms with Gasteiger partial charge < -0.3 is 9.64 Å². The molecule has 1 atom stereocenters. The number of hydrogen-bond acceptors (Lipinski definition) is 2. The summed E-state index contributed by atoms with van der Waals surface area (Å²) in [4.78, 5) is 2.52. The Labute approximate surface area is 89.6 Å². The lowest BCUT2D eigenvalue weighted by atomic mass is 9.99. The molecule has 0 aromatic heterocycles. The molecule has 0 spiro atoms. The smallest absolute Gasteiger partial charge is 0.0506 e. The normalized spacial score (nSPS) is 22.7. The number of piperidine rings is 1. The molecule has 0 N–H and O–H groups in total. The molecule has 0 aliphatic carbocycles. The first kappa shape index (κ1) is 13.9. The Morgan fingerprint density at radius 3 is 2.57 bits per heavy atom. The summed E-state index contributed by atoms with van der Waals surface area (Å²) >= 11 is 0. The van der Waals surface area contributed by atoms with E-state index in [1.165, 1.54) is 32.5 Å². The molecule has 0 aromatic rings. The summed E-state index contributed by atoms with van der Waals surface area (Å²) in [6, 6.07) is 0. The van der Waals surface area contributed by atoms with Gasteiger partial charge in [-0.05, 0) is 38.8 Å². The van der Waals surface area contributed by atoms with Gasteiger partial charge in [0.15, 0.2) is 0 Å². The van der Waals surface area contributed by atoms with E-state index in [0.29, 0.717) is 0 Å². The van der Waals surface area contributed by atoms with Gasteiger partial charge in [0.05, 0.1) is 6.61 Å². The second-order valence-electron chi connectivity index (χ2n) is 3.56. The first-order valence-electron chi connectivity index (χ1n) is 6.16. The highest BCUT2D eigenvalue weighted by Gasteiger charge is 2.18. The Morgan fingerprint density at radius 2 is 2.00 bits per heavy atom. The number of nitrogens with zero attached hydrogens (tertiary/aromatic N) is 1. The summed E-state index contributed by atoms with van der Waals surface area (Å²) < 4.78 is 5.44. The summed E-state index contributed by atoms with van der Waals surface area (Å²) in [5, 5.41) is 0. The van der Waals surface area contributed by atoms with E-state index in [0.717, 1.165) is 19.1 Å². The van der Waals surface area contributed by atoms with Crippen LogP contribution in [0.1, 0.15) is 40.5 Å². The van der Waals surface area contributed by atoms with Crippen molar-refractivity contribution in [3.05, 3.63) is 0 Å². The van der Waals surface area contributed by atoms with Crippen LogP contribution in [0.3, 0.4) is 0 Å². The van der Waals surface area contributed by atoms with Crippen LogP contribution in [-0.2, 0) is 4.74 Å². The minimum atomic E-state index is 0.790. The van der Waals surface area contributed by atoms with Crippen LogP contribution in [0.4, 0.5) is 0 Å². The number of ether oxygens (including phenoxy) is 1. The van der Waals surface area contributed by atoms with E-state index in [1.54, 1.807) is 0 Å². The molecular weight excluding hydrogens is 174 g/mol. The summed E-state index contributed by atoms with van der Waals surface area (Å²) in [5.74, 6) is 0.790. The van der Waals surface area contributed by atoms with Crippen LogP contribution in [0.25, 0.3) is 0 Å². The monoisotopic (exact) mass is 201 g/mol. The molecule has 1 fully saturated rings. The van der Waals surface area contributed by atoms with Gasteiger partial charge in [0.25, 0.3) is 0 Å². The molecule has 1 unspecified atom stereocenters. The number of likely N-dealkylation sites (tertiary alicyclic amines) is 1. The van der Waals surface area contributed by atoms with Crippen LogP contribution < -0.4 is 0 Å². The van der Waals surface area contributed by atoms with Crippen molar-refractivity contribution in [3.63, 3.8) is 0 Å². The Bertz CT molecular complexity index is 117. The molecule has 0 amide bonds. The summed E-state index contributed by atoms with van der Waals surface area (Å²) in [6.45, 7) is 13.9. The molecular formula is C12H27NO. The predicted molar refractivity (Wildman–Crippen MR) is 62.7 cm³/mol. The van der Waals surface area contributed by atoms with Crippen molar-refractivity contribution in [2.45, 2.75) is 40.5 Å². The molecule has 2 nitrogen and oxygen atoms in total. The van der Waals surface area contributed by atoms with E-state index < -0.39 is 0 Å². The first-order chi connectivity index (χ1) is 6.86. The van der Waals surface area contributed by atoms with E-state index in [-0.39, 0.29) is 0 Å². The molecule has 0 saturated carbocycles. The SMILES string of the molecule is CC.CCOCC1CCCN(CC)C1. The van der Waals surface area contributed by atoms with Gasteiger partial charge in [0, 0.05) is 13.2 Å². The lowest BCUT2D eigenvalue weighted by Gasteiger charge is -2.31. The molecule has 86 valence electrons. The molecule has 0 aromatic carbocycles. The Morgan fingerprint density at radius 1 is 1.29 bits per heavy atom. The average molecular weight is 201 g/mol. The lowest BCUT2D eigenvalue weighted by molar-refractivity contribution is 0.0689. The van der Waals surface area contributed by atoms with Crippen LogP contribution in [0.2, 0.25) is 0 Å².